The summed E-state index contributed by atoms with van der Waals surface area (Å²) in [6, 6.07) is 6.53. The number of H-pyrrole nitrogens is 1. The van der Waals surface area contributed by atoms with Crippen molar-refractivity contribution >= 4 is 10.9 Å². The standard InChI is InChI=1S/C22H29N3O5/c1-2-12-29-20-6-5-19(18-4-7-21(27)24-22(18)20)30-16-17(26)15-23-8-3-9-25-10-13-28-14-11-25/h1,4-7,17,23,26H,3,8-16H2,(H,24,27). The van der Waals surface area contributed by atoms with Crippen molar-refractivity contribution in [2.24, 2.45) is 0 Å². The molecule has 1 aliphatic heterocycles. The van der Waals surface area contributed by atoms with Crippen LogP contribution in [-0.4, -0.2) is 80.2 Å². The molecule has 8 nitrogen and oxygen atoms in total. The summed E-state index contributed by atoms with van der Waals surface area (Å²) in [5.74, 6) is 3.44. The highest BCUT2D eigenvalue weighted by Gasteiger charge is 2.12. The Hall–Kier alpha value is -2.57. The van der Waals surface area contributed by atoms with Crippen LogP contribution in [0.1, 0.15) is 6.42 Å². The summed E-state index contributed by atoms with van der Waals surface area (Å²) in [4.78, 5) is 16.9. The second kappa shape index (κ2) is 11.6. The molecule has 3 rings (SSSR count). The number of ether oxygens (including phenoxy) is 3. The monoisotopic (exact) mass is 415 g/mol. The summed E-state index contributed by atoms with van der Waals surface area (Å²) >= 11 is 0. The molecule has 1 atom stereocenters. The summed E-state index contributed by atoms with van der Waals surface area (Å²) in [7, 11) is 0. The fraction of sp³-hybridized carbons (Fsp3) is 0.500. The fourth-order valence-corrected chi connectivity index (χ4v) is 3.33. The molecule has 1 aromatic heterocycles. The summed E-state index contributed by atoms with van der Waals surface area (Å²) < 4.78 is 16.6. The van der Waals surface area contributed by atoms with Gasteiger partial charge in [0, 0.05) is 31.1 Å². The van der Waals surface area contributed by atoms with E-state index in [-0.39, 0.29) is 18.8 Å². The normalized spacial score (nSPS) is 15.6. The topological polar surface area (TPSA) is 96.0 Å². The van der Waals surface area contributed by atoms with Gasteiger partial charge in [-0.3, -0.25) is 9.69 Å². The SMILES string of the molecule is C#CCOc1ccc(OCC(O)CNCCCN2CCOCC2)c2ccc(=O)[nH]c12. The molecular formula is C22H29N3O5. The van der Waals surface area contributed by atoms with Gasteiger partial charge in [0.25, 0.3) is 0 Å². The molecule has 0 amide bonds. The second-order valence-electron chi connectivity index (χ2n) is 7.14. The molecule has 3 N–H and O–H groups in total. The number of aromatic nitrogens is 1. The van der Waals surface area contributed by atoms with E-state index in [1.807, 2.05) is 0 Å². The van der Waals surface area contributed by atoms with Crippen LogP contribution in [0.3, 0.4) is 0 Å². The van der Waals surface area contributed by atoms with Crippen molar-refractivity contribution in [2.45, 2.75) is 12.5 Å². The van der Waals surface area contributed by atoms with Gasteiger partial charge in [-0.25, -0.2) is 0 Å². The quantitative estimate of drug-likeness (QED) is 0.365. The molecule has 0 spiro atoms. The Balaban J connectivity index is 1.46. The number of terminal acetylenes is 1. The lowest BCUT2D eigenvalue weighted by atomic mass is 10.2. The molecule has 0 radical (unpaired) electrons. The highest BCUT2D eigenvalue weighted by Crippen LogP contribution is 2.31. The van der Waals surface area contributed by atoms with Gasteiger partial charge in [-0.05, 0) is 37.7 Å². The van der Waals surface area contributed by atoms with Gasteiger partial charge in [0.1, 0.15) is 30.8 Å². The van der Waals surface area contributed by atoms with Crippen molar-refractivity contribution in [1.82, 2.24) is 15.2 Å². The molecule has 1 saturated heterocycles. The molecule has 1 aliphatic rings. The lowest BCUT2D eigenvalue weighted by molar-refractivity contribution is 0.0373. The maximum atomic E-state index is 11.7. The van der Waals surface area contributed by atoms with Crippen molar-refractivity contribution in [3.05, 3.63) is 34.6 Å². The zero-order chi connectivity index (χ0) is 21.2. The Bertz CT molecular complexity index is 902. The van der Waals surface area contributed by atoms with Crippen LogP contribution in [0.4, 0.5) is 0 Å². The molecular weight excluding hydrogens is 386 g/mol. The zero-order valence-electron chi connectivity index (χ0n) is 17.1. The average molecular weight is 415 g/mol. The van der Waals surface area contributed by atoms with Gasteiger partial charge >= 0.3 is 0 Å². The number of pyridine rings is 1. The molecule has 162 valence electrons. The van der Waals surface area contributed by atoms with Gasteiger partial charge in [-0.2, -0.15) is 0 Å². The Kier molecular flexibility index (Phi) is 8.53. The van der Waals surface area contributed by atoms with Gasteiger partial charge in [0.05, 0.1) is 18.7 Å². The molecule has 2 aromatic rings. The highest BCUT2D eigenvalue weighted by atomic mass is 16.5. The molecule has 1 aromatic carbocycles. The van der Waals surface area contributed by atoms with E-state index in [2.05, 4.69) is 21.1 Å². The number of rotatable bonds is 11. The number of nitrogens with one attached hydrogen (secondary N) is 2. The Labute approximate surface area is 176 Å². The minimum absolute atomic E-state index is 0.0994. The van der Waals surface area contributed by atoms with Gasteiger partial charge in [0.2, 0.25) is 5.56 Å². The van der Waals surface area contributed by atoms with E-state index in [0.717, 1.165) is 45.8 Å². The van der Waals surface area contributed by atoms with Gasteiger partial charge in [0.15, 0.2) is 0 Å². The minimum Gasteiger partial charge on any atom is -0.490 e. The number of hydrogen-bond acceptors (Lipinski definition) is 7. The van der Waals surface area contributed by atoms with E-state index < -0.39 is 6.10 Å². The third-order valence-corrected chi connectivity index (χ3v) is 4.87. The fourth-order valence-electron chi connectivity index (χ4n) is 3.33. The first kappa shape index (κ1) is 22.1. The minimum atomic E-state index is -0.649. The number of nitrogens with zero attached hydrogens (tertiary/aromatic N) is 1. The first-order valence-electron chi connectivity index (χ1n) is 10.2. The van der Waals surface area contributed by atoms with E-state index in [4.69, 9.17) is 20.6 Å². The number of aromatic amines is 1. The van der Waals surface area contributed by atoms with E-state index in [9.17, 15) is 9.90 Å². The number of hydrogen-bond donors (Lipinski definition) is 3. The molecule has 2 heterocycles. The van der Waals surface area contributed by atoms with Crippen LogP contribution in [0.25, 0.3) is 10.9 Å². The maximum Gasteiger partial charge on any atom is 0.248 e. The lowest BCUT2D eigenvalue weighted by Gasteiger charge is -2.26. The largest absolute Gasteiger partial charge is 0.490 e. The summed E-state index contributed by atoms with van der Waals surface area (Å²) in [5, 5.41) is 14.2. The summed E-state index contributed by atoms with van der Waals surface area (Å²) in [5.41, 5.74) is 0.275. The highest BCUT2D eigenvalue weighted by molar-refractivity contribution is 5.89. The third-order valence-electron chi connectivity index (χ3n) is 4.87. The number of fused-ring (bicyclic) bond motifs is 1. The summed E-state index contributed by atoms with van der Waals surface area (Å²) in [6.07, 6.45) is 5.61. The van der Waals surface area contributed by atoms with Crippen LogP contribution < -0.4 is 20.3 Å². The molecule has 1 fully saturated rings. The van der Waals surface area contributed by atoms with E-state index in [1.165, 1.54) is 6.07 Å². The van der Waals surface area contributed by atoms with Crippen LogP contribution >= 0.6 is 0 Å². The van der Waals surface area contributed by atoms with Crippen molar-refractivity contribution in [3.63, 3.8) is 0 Å². The number of aliphatic hydroxyl groups is 1. The third kappa shape index (κ3) is 6.47. The molecule has 0 aliphatic carbocycles. The van der Waals surface area contributed by atoms with E-state index >= 15 is 0 Å². The van der Waals surface area contributed by atoms with Crippen LogP contribution in [-0.2, 0) is 4.74 Å². The van der Waals surface area contributed by atoms with Gasteiger partial charge in [-0.1, -0.05) is 5.92 Å². The van der Waals surface area contributed by atoms with E-state index in [0.29, 0.717) is 28.9 Å². The van der Waals surface area contributed by atoms with Crippen LogP contribution in [0.2, 0.25) is 0 Å². The Morgan fingerprint density at radius 3 is 2.83 bits per heavy atom. The first-order valence-corrected chi connectivity index (χ1v) is 10.2. The lowest BCUT2D eigenvalue weighted by Crippen LogP contribution is -2.38. The van der Waals surface area contributed by atoms with Gasteiger partial charge in [-0.15, -0.1) is 6.42 Å². The molecule has 0 bridgehead atoms. The first-order chi connectivity index (χ1) is 14.7. The number of benzene rings is 1. The Morgan fingerprint density at radius 1 is 1.23 bits per heavy atom. The predicted octanol–water partition coefficient (Wildman–Crippen LogP) is 0.592. The Morgan fingerprint density at radius 2 is 2.03 bits per heavy atom. The molecule has 8 heteroatoms. The van der Waals surface area contributed by atoms with Crippen LogP contribution in [0.15, 0.2) is 29.1 Å². The molecule has 0 saturated carbocycles. The van der Waals surface area contributed by atoms with Crippen LogP contribution in [0, 0.1) is 12.3 Å². The van der Waals surface area contributed by atoms with Crippen molar-refractivity contribution in [2.75, 3.05) is 59.2 Å². The molecule has 1 unspecified atom stereocenters. The second-order valence-corrected chi connectivity index (χ2v) is 7.14. The maximum absolute atomic E-state index is 11.7. The average Bonchev–Trinajstić information content (AvgIpc) is 2.77. The predicted molar refractivity (Wildman–Crippen MR) is 115 cm³/mol. The van der Waals surface area contributed by atoms with E-state index in [1.54, 1.807) is 18.2 Å². The summed E-state index contributed by atoms with van der Waals surface area (Å²) in [6.45, 7) is 6.14. The molecule has 30 heavy (non-hydrogen) atoms. The number of morpholine rings is 1. The van der Waals surface area contributed by atoms with Gasteiger partial charge < -0.3 is 29.6 Å². The van der Waals surface area contributed by atoms with Crippen LogP contribution in [0.5, 0.6) is 11.5 Å². The number of aliphatic hydroxyl groups excluding tert-OH is 1. The van der Waals surface area contributed by atoms with Crippen molar-refractivity contribution < 1.29 is 19.3 Å². The smallest absolute Gasteiger partial charge is 0.248 e. The zero-order valence-corrected chi connectivity index (χ0v) is 17.1. The van der Waals surface area contributed by atoms with Crippen molar-refractivity contribution in [1.29, 1.82) is 0 Å². The van der Waals surface area contributed by atoms with Crippen molar-refractivity contribution in [3.8, 4) is 23.8 Å².